The van der Waals surface area contributed by atoms with Crippen molar-refractivity contribution in [1.82, 2.24) is 19.6 Å². The first-order valence-electron chi connectivity index (χ1n) is 10.7. The van der Waals surface area contributed by atoms with Crippen molar-refractivity contribution < 1.29 is 18.6 Å². The van der Waals surface area contributed by atoms with Gasteiger partial charge >= 0.3 is 0 Å². The first-order valence-corrected chi connectivity index (χ1v) is 12.8. The Morgan fingerprint density at radius 3 is 2.83 bits per heavy atom. The molecule has 0 amide bonds. The normalized spacial score (nSPS) is 12.4. The van der Waals surface area contributed by atoms with Crippen LogP contribution in [0.2, 0.25) is 0 Å². The zero-order chi connectivity index (χ0) is 25.2. The van der Waals surface area contributed by atoms with Gasteiger partial charge < -0.3 is 18.6 Å². The number of thiazole rings is 1. The van der Waals surface area contributed by atoms with E-state index in [0.29, 0.717) is 43.7 Å². The lowest BCUT2D eigenvalue weighted by Crippen LogP contribution is -1.97. The van der Waals surface area contributed by atoms with E-state index in [0.717, 1.165) is 21.7 Å². The molecule has 0 unspecified atom stereocenters. The van der Waals surface area contributed by atoms with Gasteiger partial charge in [-0.1, -0.05) is 30.3 Å². The summed E-state index contributed by atoms with van der Waals surface area (Å²) in [6, 6.07) is 5.55. The number of imidazole rings is 1. The standard InChI is InChI=1S/C25H21ClN4O4S2/c1-5-6-7-18(26)14(2)23-27-15(13-35-23)12-33-20-8-16(31-3)9-21-17(20)10-22(34-21)19-11-30-24(28-19)36-25(29-30)32-4/h5-11,13H,1,12H2,2-4H3/b7-6-,18-14-. The minimum Gasteiger partial charge on any atom is -0.496 e. The molecule has 5 aromatic rings. The highest BCUT2D eigenvalue weighted by Crippen LogP contribution is 2.38. The summed E-state index contributed by atoms with van der Waals surface area (Å²) in [5.41, 5.74) is 2.97. The van der Waals surface area contributed by atoms with Gasteiger partial charge in [-0.15, -0.1) is 16.4 Å². The van der Waals surface area contributed by atoms with E-state index in [4.69, 9.17) is 30.2 Å². The van der Waals surface area contributed by atoms with Gasteiger partial charge in [0.15, 0.2) is 5.76 Å². The van der Waals surface area contributed by atoms with Crippen LogP contribution in [0.3, 0.4) is 0 Å². The Labute approximate surface area is 219 Å². The van der Waals surface area contributed by atoms with E-state index in [2.05, 4.69) is 21.6 Å². The lowest BCUT2D eigenvalue weighted by Gasteiger charge is -2.08. The molecule has 0 saturated heterocycles. The molecule has 4 heterocycles. The molecule has 0 fully saturated rings. The summed E-state index contributed by atoms with van der Waals surface area (Å²) in [6.45, 7) is 5.87. The average molecular weight is 541 g/mol. The Kier molecular flexibility index (Phi) is 6.82. The summed E-state index contributed by atoms with van der Waals surface area (Å²) < 4.78 is 24.6. The van der Waals surface area contributed by atoms with E-state index in [1.807, 2.05) is 30.5 Å². The lowest BCUT2D eigenvalue weighted by atomic mass is 10.2. The molecule has 36 heavy (non-hydrogen) atoms. The van der Waals surface area contributed by atoms with Crippen molar-refractivity contribution in [3.05, 3.63) is 70.3 Å². The second-order valence-corrected chi connectivity index (χ2v) is 9.76. The van der Waals surface area contributed by atoms with E-state index >= 15 is 0 Å². The molecular weight excluding hydrogens is 520 g/mol. The zero-order valence-corrected chi connectivity index (χ0v) is 22.0. The molecule has 0 spiro atoms. The van der Waals surface area contributed by atoms with Crippen LogP contribution in [-0.2, 0) is 6.61 Å². The SMILES string of the molecule is C=C/C=C\C(Cl)=C(/C)c1nc(COc2cc(OC)cc3oc(-c4cn5nc(OC)sc5n4)cc23)cs1. The smallest absolute Gasteiger partial charge is 0.294 e. The van der Waals surface area contributed by atoms with Crippen LogP contribution in [0.1, 0.15) is 17.6 Å². The van der Waals surface area contributed by atoms with Crippen molar-refractivity contribution in [2.24, 2.45) is 0 Å². The quantitative estimate of drug-likeness (QED) is 0.187. The molecule has 0 aliphatic heterocycles. The minimum absolute atomic E-state index is 0.274. The van der Waals surface area contributed by atoms with Gasteiger partial charge in [-0.25, -0.2) is 14.5 Å². The predicted molar refractivity (Wildman–Crippen MR) is 143 cm³/mol. The van der Waals surface area contributed by atoms with E-state index in [1.54, 1.807) is 43.2 Å². The fourth-order valence-corrected chi connectivity index (χ4v) is 5.15. The van der Waals surface area contributed by atoms with E-state index in [1.165, 1.54) is 22.7 Å². The molecule has 4 aromatic heterocycles. The van der Waals surface area contributed by atoms with Gasteiger partial charge in [0, 0.05) is 28.1 Å². The molecule has 5 rings (SSSR count). The summed E-state index contributed by atoms with van der Waals surface area (Å²) in [5, 5.41) is 9.07. The molecule has 8 nitrogen and oxygen atoms in total. The van der Waals surface area contributed by atoms with Gasteiger partial charge in [0.2, 0.25) is 4.96 Å². The van der Waals surface area contributed by atoms with Crippen LogP contribution in [0.25, 0.3) is 33.0 Å². The Bertz CT molecular complexity index is 1590. The lowest BCUT2D eigenvalue weighted by molar-refractivity contribution is 0.303. The summed E-state index contributed by atoms with van der Waals surface area (Å²) in [5.74, 6) is 1.83. The third-order valence-corrected chi connectivity index (χ3v) is 7.55. The number of furan rings is 1. The number of halogens is 1. The third kappa shape index (κ3) is 4.75. The van der Waals surface area contributed by atoms with E-state index in [9.17, 15) is 0 Å². The highest BCUT2D eigenvalue weighted by atomic mass is 35.5. The van der Waals surface area contributed by atoms with Gasteiger partial charge in [-0.3, -0.25) is 0 Å². The first kappa shape index (κ1) is 24.1. The first-order chi connectivity index (χ1) is 17.5. The van der Waals surface area contributed by atoms with Crippen molar-refractivity contribution in [3.63, 3.8) is 0 Å². The summed E-state index contributed by atoms with van der Waals surface area (Å²) in [6.07, 6.45) is 7.06. The molecule has 0 saturated carbocycles. The van der Waals surface area contributed by atoms with E-state index in [-0.39, 0.29) is 6.61 Å². The number of rotatable bonds is 9. The Balaban J connectivity index is 1.41. The van der Waals surface area contributed by atoms with Crippen LogP contribution in [-0.4, -0.2) is 33.8 Å². The maximum absolute atomic E-state index is 6.35. The molecule has 0 atom stereocenters. The third-order valence-electron chi connectivity index (χ3n) is 5.25. The number of allylic oxidation sites excluding steroid dienone is 5. The highest BCUT2D eigenvalue weighted by molar-refractivity contribution is 7.18. The fraction of sp³-hybridized carbons (Fsp3) is 0.160. The topological polar surface area (TPSA) is 83.9 Å². The van der Waals surface area contributed by atoms with Gasteiger partial charge in [0.25, 0.3) is 5.19 Å². The van der Waals surface area contributed by atoms with E-state index < -0.39 is 0 Å². The zero-order valence-electron chi connectivity index (χ0n) is 19.6. The van der Waals surface area contributed by atoms with Crippen LogP contribution >= 0.6 is 34.3 Å². The number of aromatic nitrogens is 4. The number of hydrogen-bond acceptors (Lipinski definition) is 9. The Morgan fingerprint density at radius 2 is 2.08 bits per heavy atom. The fourth-order valence-electron chi connectivity index (χ4n) is 3.41. The monoisotopic (exact) mass is 540 g/mol. The molecule has 11 heteroatoms. The van der Waals surface area contributed by atoms with Crippen LogP contribution in [0.4, 0.5) is 0 Å². The van der Waals surface area contributed by atoms with Crippen molar-refractivity contribution in [2.45, 2.75) is 13.5 Å². The number of nitrogens with zero attached hydrogens (tertiary/aromatic N) is 4. The van der Waals surface area contributed by atoms with Gasteiger partial charge in [0.1, 0.15) is 34.4 Å². The Morgan fingerprint density at radius 1 is 1.22 bits per heavy atom. The molecule has 0 radical (unpaired) electrons. The van der Waals surface area contributed by atoms with Crippen LogP contribution in [0.15, 0.2) is 64.0 Å². The summed E-state index contributed by atoms with van der Waals surface area (Å²) in [7, 11) is 3.18. The average Bonchev–Trinajstić information content (AvgIpc) is 3.66. The predicted octanol–water partition coefficient (Wildman–Crippen LogP) is 6.97. The number of methoxy groups -OCH3 is 2. The summed E-state index contributed by atoms with van der Waals surface area (Å²) >= 11 is 9.21. The Hall–Kier alpha value is -3.60. The van der Waals surface area contributed by atoms with Crippen molar-refractivity contribution in [3.8, 4) is 28.1 Å². The minimum atomic E-state index is 0.274. The molecule has 1 aromatic carbocycles. The van der Waals surface area contributed by atoms with Gasteiger partial charge in [0.05, 0.1) is 31.5 Å². The van der Waals surface area contributed by atoms with Crippen molar-refractivity contribution in [2.75, 3.05) is 14.2 Å². The van der Waals surface area contributed by atoms with Crippen LogP contribution < -0.4 is 14.2 Å². The molecule has 0 aliphatic rings. The van der Waals surface area contributed by atoms with Crippen molar-refractivity contribution in [1.29, 1.82) is 0 Å². The van der Waals surface area contributed by atoms with Gasteiger partial charge in [-0.2, -0.15) is 0 Å². The maximum atomic E-state index is 6.35. The second kappa shape index (κ2) is 10.2. The highest BCUT2D eigenvalue weighted by Gasteiger charge is 2.17. The van der Waals surface area contributed by atoms with Crippen LogP contribution in [0, 0.1) is 0 Å². The molecular formula is C25H21ClN4O4S2. The number of fused-ring (bicyclic) bond motifs is 2. The summed E-state index contributed by atoms with van der Waals surface area (Å²) in [4.78, 5) is 9.98. The van der Waals surface area contributed by atoms with Crippen LogP contribution in [0.5, 0.6) is 16.7 Å². The molecule has 184 valence electrons. The number of ether oxygens (including phenoxy) is 3. The largest absolute Gasteiger partial charge is 0.496 e. The molecule has 0 bridgehead atoms. The molecule has 0 aliphatic carbocycles. The molecule has 0 N–H and O–H groups in total. The van der Waals surface area contributed by atoms with Gasteiger partial charge in [-0.05, 0) is 30.4 Å². The number of hydrogen-bond donors (Lipinski definition) is 0. The van der Waals surface area contributed by atoms with Crippen molar-refractivity contribution >= 4 is 55.8 Å². The number of benzene rings is 1. The maximum Gasteiger partial charge on any atom is 0.294 e. The second-order valence-electron chi connectivity index (χ2n) is 7.57.